The molecule has 0 unspecified atom stereocenters. The van der Waals surface area contributed by atoms with Crippen LogP contribution in [0.5, 0.6) is 0 Å². The molecule has 0 amide bonds. The van der Waals surface area contributed by atoms with Crippen LogP contribution in [0.25, 0.3) is 116 Å². The molecule has 54 heavy (non-hydrogen) atoms. The average molecular weight is 689 g/mol. The minimum Gasteiger partial charge on any atom is -0.454 e. The predicted octanol–water partition coefficient (Wildman–Crippen LogP) is 12.8. The number of fused-ring (bicyclic) bond motifs is 8. The summed E-state index contributed by atoms with van der Waals surface area (Å²) in [5.74, 6) is 1.85. The van der Waals surface area contributed by atoms with Crippen LogP contribution < -0.4 is 0 Å². The van der Waals surface area contributed by atoms with Gasteiger partial charge in [-0.15, -0.1) is 0 Å². The van der Waals surface area contributed by atoms with Crippen molar-refractivity contribution in [3.8, 4) is 39.9 Å². The lowest BCUT2D eigenvalue weighted by molar-refractivity contribution is 0.666. The highest BCUT2D eigenvalue weighted by Gasteiger charge is 2.24. The van der Waals surface area contributed by atoms with Crippen molar-refractivity contribution in [3.63, 3.8) is 0 Å². The van der Waals surface area contributed by atoms with Crippen molar-refractivity contribution >= 4 is 76.1 Å². The van der Waals surface area contributed by atoms with E-state index in [1.165, 1.54) is 43.1 Å². The Morgan fingerprint density at radius 3 is 1.76 bits per heavy atom. The van der Waals surface area contributed by atoms with Crippen molar-refractivity contribution in [2.75, 3.05) is 0 Å². The predicted molar refractivity (Wildman–Crippen MR) is 221 cm³/mol. The third-order valence-corrected chi connectivity index (χ3v) is 11.0. The third kappa shape index (κ3) is 4.06. The van der Waals surface area contributed by atoms with Crippen LogP contribution in [-0.4, -0.2) is 19.5 Å². The van der Waals surface area contributed by atoms with Crippen LogP contribution in [0.3, 0.4) is 0 Å². The van der Waals surface area contributed by atoms with Crippen molar-refractivity contribution in [1.82, 2.24) is 19.5 Å². The van der Waals surface area contributed by atoms with E-state index in [2.05, 4.69) is 102 Å². The molecule has 0 spiro atoms. The molecule has 0 bridgehead atoms. The maximum Gasteiger partial charge on any atom is 0.164 e. The number of nitrogens with zero attached hydrogens (tertiary/aromatic N) is 4. The summed E-state index contributed by atoms with van der Waals surface area (Å²) >= 11 is 0. The van der Waals surface area contributed by atoms with E-state index in [4.69, 9.17) is 19.4 Å². The molecule has 0 aliphatic rings. The van der Waals surface area contributed by atoms with Gasteiger partial charge in [-0.3, -0.25) is 0 Å². The maximum absolute atomic E-state index is 6.93. The Bertz CT molecular complexity index is 3370. The number of aromatic nitrogens is 4. The van der Waals surface area contributed by atoms with E-state index in [9.17, 15) is 0 Å². The second kappa shape index (κ2) is 11.1. The fourth-order valence-corrected chi connectivity index (χ4v) is 8.71. The first-order valence-corrected chi connectivity index (χ1v) is 18.2. The third-order valence-electron chi connectivity index (χ3n) is 11.0. The molecule has 0 aliphatic heterocycles. The van der Waals surface area contributed by atoms with Gasteiger partial charge in [0.1, 0.15) is 5.58 Å². The van der Waals surface area contributed by atoms with E-state index in [1.54, 1.807) is 0 Å². The summed E-state index contributed by atoms with van der Waals surface area (Å²) in [6.07, 6.45) is 0. The maximum atomic E-state index is 6.93. The second-order valence-corrected chi connectivity index (χ2v) is 13.9. The molecule has 0 radical (unpaired) electrons. The number of hydrogen-bond acceptors (Lipinski definition) is 4. The zero-order valence-electron chi connectivity index (χ0n) is 28.9. The summed E-state index contributed by atoms with van der Waals surface area (Å²) in [7, 11) is 0. The Labute approximate surface area is 308 Å². The molecule has 0 aliphatic carbocycles. The molecule has 5 nitrogen and oxygen atoms in total. The monoisotopic (exact) mass is 688 g/mol. The largest absolute Gasteiger partial charge is 0.454 e. The lowest BCUT2D eigenvalue weighted by atomic mass is 9.91. The van der Waals surface area contributed by atoms with Gasteiger partial charge < -0.3 is 8.98 Å². The van der Waals surface area contributed by atoms with Crippen molar-refractivity contribution in [2.45, 2.75) is 0 Å². The Hall–Kier alpha value is -7.37. The first-order chi connectivity index (χ1) is 26.8. The first kappa shape index (κ1) is 29.2. The Balaban J connectivity index is 1.17. The number of benzene rings is 9. The molecule has 0 N–H and O–H groups in total. The Morgan fingerprint density at radius 2 is 0.981 bits per heavy atom. The second-order valence-electron chi connectivity index (χ2n) is 13.9. The van der Waals surface area contributed by atoms with E-state index >= 15 is 0 Å². The lowest BCUT2D eigenvalue weighted by Gasteiger charge is -2.11. The van der Waals surface area contributed by atoms with Gasteiger partial charge in [0, 0.05) is 43.6 Å². The van der Waals surface area contributed by atoms with Crippen molar-refractivity contribution < 1.29 is 4.42 Å². The van der Waals surface area contributed by atoms with E-state index in [-0.39, 0.29) is 0 Å². The highest BCUT2D eigenvalue weighted by molar-refractivity contribution is 6.39. The fourth-order valence-electron chi connectivity index (χ4n) is 8.71. The summed E-state index contributed by atoms with van der Waals surface area (Å²) in [6.45, 7) is 0. The van der Waals surface area contributed by atoms with Gasteiger partial charge in [0.2, 0.25) is 0 Å². The normalized spacial score (nSPS) is 12.1. The summed E-state index contributed by atoms with van der Waals surface area (Å²) in [4.78, 5) is 15.1. The van der Waals surface area contributed by atoms with Crippen LogP contribution in [0.2, 0.25) is 0 Å². The van der Waals surface area contributed by atoms with Crippen LogP contribution in [0, 0.1) is 0 Å². The molecule has 12 aromatic rings. The van der Waals surface area contributed by atoms with Crippen LogP contribution in [-0.2, 0) is 0 Å². The molecular weight excluding hydrogens is 661 g/mol. The van der Waals surface area contributed by atoms with E-state index in [1.807, 2.05) is 72.8 Å². The van der Waals surface area contributed by atoms with Crippen LogP contribution in [0.15, 0.2) is 174 Å². The summed E-state index contributed by atoms with van der Waals surface area (Å²) in [5.41, 5.74) is 7.66. The van der Waals surface area contributed by atoms with Crippen LogP contribution >= 0.6 is 0 Å². The molecule has 3 aromatic heterocycles. The average Bonchev–Trinajstić information content (AvgIpc) is 3.79. The number of rotatable bonds is 4. The lowest BCUT2D eigenvalue weighted by Crippen LogP contribution is -2.00. The molecule has 3 heterocycles. The number of para-hydroxylation sites is 1. The van der Waals surface area contributed by atoms with Crippen LogP contribution in [0.4, 0.5) is 0 Å². The van der Waals surface area contributed by atoms with Gasteiger partial charge in [0.25, 0.3) is 0 Å². The smallest absolute Gasteiger partial charge is 0.164 e. The molecule has 0 atom stereocenters. The van der Waals surface area contributed by atoms with Gasteiger partial charge in [-0.25, -0.2) is 15.0 Å². The fraction of sp³-hybridized carbons (Fsp3) is 0. The van der Waals surface area contributed by atoms with E-state index in [0.717, 1.165) is 55.3 Å². The molecule has 0 fully saturated rings. The standard InChI is InChI=1S/C49H28N4O/c1-3-14-29(15-4-1)47-50-48(30-16-5-2-6-17-30)52-49(51-47)37-24-13-27-41-42(37)36-23-12-26-39(46(36)54-41)53-38-25-11-22-35-33-20-9-10-21-34(33)43-32-19-8-7-18-31(32)28-40(53)45(43)44(35)38/h1-28H. The van der Waals surface area contributed by atoms with Gasteiger partial charge in [0.05, 0.1) is 16.7 Å². The molecule has 0 saturated carbocycles. The minimum atomic E-state index is 0.600. The number of furan rings is 1. The minimum absolute atomic E-state index is 0.600. The topological polar surface area (TPSA) is 56.7 Å². The summed E-state index contributed by atoms with van der Waals surface area (Å²) in [6, 6.07) is 59.4. The highest BCUT2D eigenvalue weighted by atomic mass is 16.3. The zero-order chi connectivity index (χ0) is 35.3. The molecule has 9 aromatic carbocycles. The zero-order valence-corrected chi connectivity index (χ0v) is 28.9. The van der Waals surface area contributed by atoms with Crippen molar-refractivity contribution in [3.05, 3.63) is 170 Å². The van der Waals surface area contributed by atoms with Gasteiger partial charge in [-0.05, 0) is 51.2 Å². The molecule has 250 valence electrons. The van der Waals surface area contributed by atoms with Crippen molar-refractivity contribution in [2.24, 2.45) is 0 Å². The van der Waals surface area contributed by atoms with Gasteiger partial charge >= 0.3 is 0 Å². The molecule has 0 saturated heterocycles. The Morgan fingerprint density at radius 1 is 0.389 bits per heavy atom. The van der Waals surface area contributed by atoms with Gasteiger partial charge in [-0.1, -0.05) is 146 Å². The SMILES string of the molecule is c1ccc(-c2nc(-c3ccccc3)nc(-c3cccc4oc5c(-n6c7cccc8c9ccccc9c9c%10ccccc%10cc6c9c87)cccc5c34)n2)cc1. The van der Waals surface area contributed by atoms with E-state index < -0.39 is 0 Å². The van der Waals surface area contributed by atoms with Crippen molar-refractivity contribution in [1.29, 1.82) is 0 Å². The highest BCUT2D eigenvalue weighted by Crippen LogP contribution is 2.48. The molecule has 12 rings (SSSR count). The molecular formula is C49H28N4O. The molecule has 5 heteroatoms. The first-order valence-electron chi connectivity index (χ1n) is 18.2. The summed E-state index contributed by atoms with van der Waals surface area (Å²) < 4.78 is 9.34. The van der Waals surface area contributed by atoms with Crippen LogP contribution in [0.1, 0.15) is 0 Å². The quantitative estimate of drug-likeness (QED) is 0.173. The number of hydrogen-bond donors (Lipinski definition) is 0. The summed E-state index contributed by atoms with van der Waals surface area (Å²) in [5, 5.41) is 12.1. The Kier molecular flexibility index (Phi) is 5.99. The van der Waals surface area contributed by atoms with Gasteiger partial charge in [0.15, 0.2) is 23.1 Å². The van der Waals surface area contributed by atoms with Gasteiger partial charge in [-0.2, -0.15) is 0 Å². The van der Waals surface area contributed by atoms with E-state index in [0.29, 0.717) is 17.5 Å².